The number of halogens is 3. The number of carbonyl (C=O) groups excluding carboxylic acids is 1. The molecule has 0 aromatic carbocycles. The number of rotatable bonds is 7. The van der Waals surface area contributed by atoms with Gasteiger partial charge in [0.1, 0.15) is 11.5 Å². The number of nitrogens with one attached hydrogen (secondary N) is 2. The van der Waals surface area contributed by atoms with Crippen LogP contribution in [0, 0.1) is 0 Å². The van der Waals surface area contributed by atoms with Crippen molar-refractivity contribution in [3.8, 4) is 0 Å². The van der Waals surface area contributed by atoms with Crippen molar-refractivity contribution >= 4 is 11.7 Å². The molecule has 1 aromatic rings. The normalized spacial score (nSPS) is 11.2. The lowest BCUT2D eigenvalue weighted by Crippen LogP contribution is -2.26. The van der Waals surface area contributed by atoms with E-state index in [9.17, 15) is 18.0 Å². The summed E-state index contributed by atoms with van der Waals surface area (Å²) in [5.74, 6) is 0.113. The summed E-state index contributed by atoms with van der Waals surface area (Å²) in [6.45, 7) is 2.72. The number of alkyl halides is 3. The molecule has 0 radical (unpaired) electrons. The summed E-state index contributed by atoms with van der Waals surface area (Å²) >= 11 is 0. The van der Waals surface area contributed by atoms with E-state index in [0.717, 1.165) is 13.0 Å². The first-order valence-corrected chi connectivity index (χ1v) is 6.48. The number of amides is 1. The predicted octanol–water partition coefficient (Wildman–Crippen LogP) is 2.98. The van der Waals surface area contributed by atoms with E-state index in [0.29, 0.717) is 5.82 Å². The number of carbonyl (C=O) groups is 1. The second kappa shape index (κ2) is 7.72. The summed E-state index contributed by atoms with van der Waals surface area (Å²) in [7, 11) is 0. The maximum absolute atomic E-state index is 11.9. The van der Waals surface area contributed by atoms with Crippen LogP contribution in [0.2, 0.25) is 0 Å². The average molecular weight is 289 g/mol. The SMILES string of the molecule is CCCNc1cccc(C(=O)NCCCC(F)(F)F)n1. The largest absolute Gasteiger partial charge is 0.389 e. The molecule has 7 heteroatoms. The van der Waals surface area contributed by atoms with Crippen molar-refractivity contribution in [1.82, 2.24) is 10.3 Å². The Kier molecular flexibility index (Phi) is 6.27. The minimum atomic E-state index is -4.19. The molecule has 0 aliphatic carbocycles. The van der Waals surface area contributed by atoms with Gasteiger partial charge in [-0.2, -0.15) is 13.2 Å². The minimum absolute atomic E-state index is 0.0212. The van der Waals surface area contributed by atoms with Crippen LogP contribution in [-0.2, 0) is 0 Å². The van der Waals surface area contributed by atoms with Crippen LogP contribution < -0.4 is 10.6 Å². The average Bonchev–Trinajstić information content (AvgIpc) is 2.40. The van der Waals surface area contributed by atoms with Gasteiger partial charge in [0.2, 0.25) is 0 Å². The Bertz CT molecular complexity index is 435. The summed E-state index contributed by atoms with van der Waals surface area (Å²) in [5.41, 5.74) is 0.193. The van der Waals surface area contributed by atoms with Gasteiger partial charge in [-0.25, -0.2) is 4.98 Å². The van der Waals surface area contributed by atoms with Crippen LogP contribution in [0.5, 0.6) is 0 Å². The van der Waals surface area contributed by atoms with Crippen molar-refractivity contribution in [2.75, 3.05) is 18.4 Å². The van der Waals surface area contributed by atoms with Crippen molar-refractivity contribution in [2.45, 2.75) is 32.4 Å². The number of hydrogen-bond donors (Lipinski definition) is 2. The summed E-state index contributed by atoms with van der Waals surface area (Å²) in [6, 6.07) is 4.93. The van der Waals surface area contributed by atoms with Crippen molar-refractivity contribution in [2.24, 2.45) is 0 Å². The van der Waals surface area contributed by atoms with Crippen molar-refractivity contribution in [1.29, 1.82) is 0 Å². The third-order valence-electron chi connectivity index (χ3n) is 2.46. The molecule has 1 amide bonds. The molecule has 1 rings (SSSR count). The molecule has 0 atom stereocenters. The molecule has 112 valence electrons. The second-order valence-corrected chi connectivity index (χ2v) is 4.31. The van der Waals surface area contributed by atoms with Crippen LogP contribution in [0.25, 0.3) is 0 Å². The van der Waals surface area contributed by atoms with Crippen molar-refractivity contribution < 1.29 is 18.0 Å². The van der Waals surface area contributed by atoms with Crippen LogP contribution in [-0.4, -0.2) is 30.2 Å². The van der Waals surface area contributed by atoms with Gasteiger partial charge in [0.05, 0.1) is 0 Å². The number of nitrogens with zero attached hydrogens (tertiary/aromatic N) is 1. The van der Waals surface area contributed by atoms with Crippen molar-refractivity contribution in [3.63, 3.8) is 0 Å². The van der Waals surface area contributed by atoms with Gasteiger partial charge in [-0.15, -0.1) is 0 Å². The Morgan fingerprint density at radius 1 is 1.30 bits per heavy atom. The van der Waals surface area contributed by atoms with Crippen LogP contribution >= 0.6 is 0 Å². The minimum Gasteiger partial charge on any atom is -0.370 e. The summed E-state index contributed by atoms with van der Waals surface area (Å²) < 4.78 is 35.8. The highest BCUT2D eigenvalue weighted by atomic mass is 19.4. The molecule has 1 aromatic heterocycles. The van der Waals surface area contributed by atoms with Gasteiger partial charge in [0.25, 0.3) is 5.91 Å². The second-order valence-electron chi connectivity index (χ2n) is 4.31. The van der Waals surface area contributed by atoms with Gasteiger partial charge in [0, 0.05) is 19.5 Å². The fourth-order valence-electron chi connectivity index (χ4n) is 1.49. The maximum atomic E-state index is 11.9. The van der Waals surface area contributed by atoms with E-state index in [1.54, 1.807) is 12.1 Å². The Morgan fingerprint density at radius 2 is 2.05 bits per heavy atom. The topological polar surface area (TPSA) is 54.0 Å². The van der Waals surface area contributed by atoms with Crippen LogP contribution in [0.15, 0.2) is 18.2 Å². The Hall–Kier alpha value is -1.79. The molecule has 0 aliphatic heterocycles. The van der Waals surface area contributed by atoms with E-state index >= 15 is 0 Å². The van der Waals surface area contributed by atoms with Gasteiger partial charge in [-0.3, -0.25) is 4.79 Å². The van der Waals surface area contributed by atoms with Crippen LogP contribution in [0.3, 0.4) is 0 Å². The van der Waals surface area contributed by atoms with E-state index < -0.39 is 18.5 Å². The molecule has 4 nitrogen and oxygen atoms in total. The third-order valence-corrected chi connectivity index (χ3v) is 2.46. The molecule has 0 saturated carbocycles. The summed E-state index contributed by atoms with van der Waals surface area (Å²) in [6.07, 6.45) is -4.30. The molecule has 0 fully saturated rings. The molecule has 2 N–H and O–H groups in total. The van der Waals surface area contributed by atoms with Crippen molar-refractivity contribution in [3.05, 3.63) is 23.9 Å². The predicted molar refractivity (Wildman–Crippen MR) is 70.6 cm³/mol. The van der Waals surface area contributed by atoms with E-state index in [2.05, 4.69) is 15.6 Å². The van der Waals surface area contributed by atoms with Crippen LogP contribution in [0.4, 0.5) is 19.0 Å². The van der Waals surface area contributed by atoms with E-state index in [4.69, 9.17) is 0 Å². The lowest BCUT2D eigenvalue weighted by molar-refractivity contribution is -0.135. The molecule has 1 heterocycles. The number of aromatic nitrogens is 1. The van der Waals surface area contributed by atoms with Gasteiger partial charge >= 0.3 is 6.18 Å². The molecular formula is C13H18F3N3O. The summed E-state index contributed by atoms with van der Waals surface area (Å²) in [5, 5.41) is 5.46. The Morgan fingerprint density at radius 3 is 2.70 bits per heavy atom. The third kappa shape index (κ3) is 6.40. The number of hydrogen-bond acceptors (Lipinski definition) is 3. The van der Waals surface area contributed by atoms with Gasteiger partial charge in [-0.05, 0) is 25.0 Å². The Balaban J connectivity index is 2.43. The molecule has 0 unspecified atom stereocenters. The monoisotopic (exact) mass is 289 g/mol. The zero-order valence-electron chi connectivity index (χ0n) is 11.3. The lowest BCUT2D eigenvalue weighted by atomic mass is 10.3. The quantitative estimate of drug-likeness (QED) is 0.759. The molecule has 20 heavy (non-hydrogen) atoms. The maximum Gasteiger partial charge on any atom is 0.389 e. The Labute approximate surface area is 115 Å². The molecule has 0 saturated heterocycles. The zero-order valence-corrected chi connectivity index (χ0v) is 11.3. The van der Waals surface area contributed by atoms with Gasteiger partial charge < -0.3 is 10.6 Å². The molecule has 0 aliphatic rings. The smallest absolute Gasteiger partial charge is 0.370 e. The summed E-state index contributed by atoms with van der Waals surface area (Å²) in [4.78, 5) is 15.8. The first-order chi connectivity index (χ1) is 9.42. The highest BCUT2D eigenvalue weighted by Gasteiger charge is 2.26. The number of pyridine rings is 1. The standard InChI is InChI=1S/C13H18F3N3O/c1-2-8-17-11-6-3-5-10(19-11)12(20)18-9-4-7-13(14,15)16/h3,5-6H,2,4,7-9H2,1H3,(H,17,19)(H,18,20). The van der Waals surface area contributed by atoms with Gasteiger partial charge in [-0.1, -0.05) is 13.0 Å². The molecule has 0 bridgehead atoms. The fourth-order valence-corrected chi connectivity index (χ4v) is 1.49. The highest BCUT2D eigenvalue weighted by molar-refractivity contribution is 5.92. The van der Waals surface area contributed by atoms with E-state index in [1.807, 2.05) is 6.92 Å². The van der Waals surface area contributed by atoms with E-state index in [-0.39, 0.29) is 18.7 Å². The molecule has 0 spiro atoms. The zero-order chi connectivity index (χ0) is 15.0. The molecular weight excluding hydrogens is 271 g/mol. The first-order valence-electron chi connectivity index (χ1n) is 6.48. The number of anilines is 1. The lowest BCUT2D eigenvalue weighted by Gasteiger charge is -2.08. The fraction of sp³-hybridized carbons (Fsp3) is 0.538. The highest BCUT2D eigenvalue weighted by Crippen LogP contribution is 2.20. The van der Waals surface area contributed by atoms with Crippen LogP contribution in [0.1, 0.15) is 36.7 Å². The first kappa shape index (κ1) is 16.3. The van der Waals surface area contributed by atoms with Gasteiger partial charge in [0.15, 0.2) is 0 Å². The van der Waals surface area contributed by atoms with E-state index in [1.165, 1.54) is 6.07 Å².